The fourth-order valence-electron chi connectivity index (χ4n) is 8.47. The Balaban J connectivity index is 1.64. The molecule has 42 heavy (non-hydrogen) atoms. The second-order valence-electron chi connectivity index (χ2n) is 11.5. The van der Waals surface area contributed by atoms with Crippen LogP contribution in [-0.4, -0.2) is 24.1 Å². The van der Waals surface area contributed by atoms with Crippen LogP contribution in [0, 0.1) is 0 Å². The van der Waals surface area contributed by atoms with Gasteiger partial charge in [0, 0.05) is 49.2 Å². The van der Waals surface area contributed by atoms with Crippen LogP contribution in [0.3, 0.4) is 0 Å². The van der Waals surface area contributed by atoms with Crippen LogP contribution in [0.5, 0.6) is 0 Å². The molecule has 1 aliphatic carbocycles. The first kappa shape index (κ1) is 23.5. The molecule has 6 aromatic rings. The van der Waals surface area contributed by atoms with Crippen LogP contribution in [0.15, 0.2) is 134 Å². The predicted molar refractivity (Wildman–Crippen MR) is 169 cm³/mol. The highest BCUT2D eigenvalue weighted by atomic mass is 15.1. The lowest BCUT2D eigenvalue weighted by molar-refractivity contribution is 0.406. The summed E-state index contributed by atoms with van der Waals surface area (Å²) in [5.74, 6) is 0. The van der Waals surface area contributed by atoms with Crippen molar-refractivity contribution in [2.45, 2.75) is 10.8 Å². The zero-order valence-corrected chi connectivity index (χ0v) is 23.5. The number of aromatic nitrogens is 2. The van der Waals surface area contributed by atoms with Crippen LogP contribution in [0.1, 0.15) is 33.4 Å². The van der Waals surface area contributed by atoms with E-state index in [4.69, 9.17) is 9.97 Å². The summed E-state index contributed by atoms with van der Waals surface area (Å²) in [5.41, 5.74) is 12.8. The van der Waals surface area contributed by atoms with Crippen molar-refractivity contribution in [3.8, 4) is 11.4 Å². The number of nitrogens with zero attached hydrogens (tertiary/aromatic N) is 4. The highest BCUT2D eigenvalue weighted by Crippen LogP contribution is 2.71. The summed E-state index contributed by atoms with van der Waals surface area (Å²) in [6.07, 6.45) is 3.82. The topological polar surface area (TPSA) is 32.3 Å². The molecule has 4 heterocycles. The molecule has 0 saturated heterocycles. The number of para-hydroxylation sites is 4. The highest BCUT2D eigenvalue weighted by Gasteiger charge is 2.66. The molecule has 0 bridgehead atoms. The third-order valence-corrected chi connectivity index (χ3v) is 9.89. The molecule has 9 rings (SSSR count). The number of fused-ring (bicyclic) bond motifs is 14. The van der Waals surface area contributed by atoms with Gasteiger partial charge in [-0.25, -0.2) is 0 Å². The number of hydrogen-bond acceptors (Lipinski definition) is 4. The van der Waals surface area contributed by atoms with Crippen molar-refractivity contribution in [3.05, 3.63) is 167 Å². The third kappa shape index (κ3) is 2.51. The largest absolute Gasteiger partial charge is 0.344 e. The Morgan fingerprint density at radius 1 is 0.381 bits per heavy atom. The first-order chi connectivity index (χ1) is 20.7. The van der Waals surface area contributed by atoms with Crippen molar-refractivity contribution >= 4 is 22.7 Å². The van der Waals surface area contributed by atoms with Gasteiger partial charge in [-0.1, -0.05) is 84.9 Å². The quantitative estimate of drug-likeness (QED) is 0.195. The summed E-state index contributed by atoms with van der Waals surface area (Å²) in [5, 5.41) is 0. The van der Waals surface area contributed by atoms with Crippen molar-refractivity contribution in [2.75, 3.05) is 23.9 Å². The Hall–Kier alpha value is -5.22. The van der Waals surface area contributed by atoms with Gasteiger partial charge in [0.05, 0.1) is 22.2 Å². The van der Waals surface area contributed by atoms with Crippen LogP contribution in [0.25, 0.3) is 11.4 Å². The van der Waals surface area contributed by atoms with E-state index in [1.54, 1.807) is 0 Å². The van der Waals surface area contributed by atoms with E-state index < -0.39 is 10.8 Å². The van der Waals surface area contributed by atoms with Crippen molar-refractivity contribution < 1.29 is 0 Å². The molecule has 3 aliphatic rings. The van der Waals surface area contributed by atoms with Crippen molar-refractivity contribution in [2.24, 2.45) is 0 Å². The SMILES string of the molecule is CN1c2ccccc2C2(c3ccccc31)c1cccnc1-c1ncccc1C21c2ccccc2N(C)c2ccccc21. The van der Waals surface area contributed by atoms with Crippen molar-refractivity contribution in [3.63, 3.8) is 0 Å². The second-order valence-corrected chi connectivity index (χ2v) is 11.5. The molecule has 4 nitrogen and oxygen atoms in total. The lowest BCUT2D eigenvalue weighted by Gasteiger charge is -2.61. The van der Waals surface area contributed by atoms with Gasteiger partial charge in [0.1, 0.15) is 0 Å². The van der Waals surface area contributed by atoms with E-state index in [0.29, 0.717) is 0 Å². The molecule has 200 valence electrons. The minimum atomic E-state index is -0.653. The fourth-order valence-corrected chi connectivity index (χ4v) is 8.47. The summed E-state index contributed by atoms with van der Waals surface area (Å²) in [4.78, 5) is 14.9. The first-order valence-corrected chi connectivity index (χ1v) is 14.5. The van der Waals surface area contributed by atoms with Crippen LogP contribution >= 0.6 is 0 Å². The second kappa shape index (κ2) is 8.17. The van der Waals surface area contributed by atoms with Crippen LogP contribution in [0.4, 0.5) is 22.7 Å². The minimum Gasteiger partial charge on any atom is -0.344 e. The monoisotopic (exact) mass is 540 g/mol. The van der Waals surface area contributed by atoms with Crippen molar-refractivity contribution in [1.82, 2.24) is 9.97 Å². The van der Waals surface area contributed by atoms with E-state index in [9.17, 15) is 0 Å². The number of hydrogen-bond donors (Lipinski definition) is 0. The summed E-state index contributed by atoms with van der Waals surface area (Å²) in [6.45, 7) is 0. The smallest absolute Gasteiger partial charge is 0.0934 e. The molecule has 2 aromatic heterocycles. The number of benzene rings is 4. The molecule has 2 spiro atoms. The Bertz CT molecular complexity index is 1820. The molecule has 0 atom stereocenters. The highest BCUT2D eigenvalue weighted by molar-refractivity contribution is 5.94. The molecule has 0 unspecified atom stereocenters. The van der Waals surface area contributed by atoms with Crippen LogP contribution in [0.2, 0.25) is 0 Å². The molecule has 4 aromatic carbocycles. The Morgan fingerprint density at radius 2 is 0.667 bits per heavy atom. The fraction of sp³-hybridized carbons (Fsp3) is 0.105. The molecule has 0 amide bonds. The Morgan fingerprint density at radius 3 is 1.00 bits per heavy atom. The van der Waals surface area contributed by atoms with Gasteiger partial charge in [-0.15, -0.1) is 0 Å². The Kier molecular flexibility index (Phi) is 4.57. The zero-order chi connectivity index (χ0) is 28.1. The summed E-state index contributed by atoms with van der Waals surface area (Å²) in [7, 11) is 4.38. The van der Waals surface area contributed by atoms with Gasteiger partial charge >= 0.3 is 0 Å². The minimum absolute atomic E-state index is 0.653. The van der Waals surface area contributed by atoms with Crippen LogP contribution < -0.4 is 9.80 Å². The number of pyridine rings is 2. The van der Waals surface area contributed by atoms with Gasteiger partial charge in [-0.2, -0.15) is 0 Å². The molecular formula is C38H28N4. The van der Waals surface area contributed by atoms with Crippen molar-refractivity contribution in [1.29, 1.82) is 0 Å². The van der Waals surface area contributed by atoms with E-state index >= 15 is 0 Å². The number of rotatable bonds is 0. The van der Waals surface area contributed by atoms with Gasteiger partial charge in [-0.05, 0) is 69.8 Å². The lowest BCUT2D eigenvalue weighted by Crippen LogP contribution is -2.58. The van der Waals surface area contributed by atoms with Gasteiger partial charge in [0.2, 0.25) is 0 Å². The third-order valence-electron chi connectivity index (χ3n) is 9.89. The van der Waals surface area contributed by atoms with E-state index in [1.807, 2.05) is 12.4 Å². The molecule has 0 radical (unpaired) electrons. The predicted octanol–water partition coefficient (Wildman–Crippen LogP) is 7.99. The molecule has 0 N–H and O–H groups in total. The van der Waals surface area contributed by atoms with E-state index in [-0.39, 0.29) is 0 Å². The van der Waals surface area contributed by atoms with Gasteiger partial charge in [0.25, 0.3) is 0 Å². The average Bonchev–Trinajstić information content (AvgIpc) is 3.06. The molecule has 2 aliphatic heterocycles. The van der Waals surface area contributed by atoms with Crippen LogP contribution in [-0.2, 0) is 10.8 Å². The molecular weight excluding hydrogens is 512 g/mol. The number of anilines is 4. The van der Waals surface area contributed by atoms with Gasteiger partial charge in [0.15, 0.2) is 0 Å². The standard InChI is InChI=1S/C38H28N4/c1-41-31-19-7-3-13-25(31)37(26-14-4-8-20-32(26)41)29-17-11-23-39-35(29)36-30(18-12-24-40-36)38(37)27-15-5-9-21-33(27)42(2)34-22-10-6-16-28(34)38/h3-24H,1-2H3. The summed E-state index contributed by atoms with van der Waals surface area (Å²) in [6, 6.07) is 44.6. The first-order valence-electron chi connectivity index (χ1n) is 14.5. The maximum absolute atomic E-state index is 5.09. The summed E-state index contributed by atoms with van der Waals surface area (Å²) >= 11 is 0. The average molecular weight is 541 g/mol. The normalized spacial score (nSPS) is 16.1. The Labute approximate surface area is 245 Å². The van der Waals surface area contributed by atoms with E-state index in [1.165, 1.54) is 56.1 Å². The van der Waals surface area contributed by atoms with Gasteiger partial charge < -0.3 is 9.80 Å². The molecule has 0 fully saturated rings. The maximum atomic E-state index is 5.09. The summed E-state index contributed by atoms with van der Waals surface area (Å²) < 4.78 is 0. The molecule has 0 saturated carbocycles. The van der Waals surface area contributed by atoms with E-state index in [2.05, 4.69) is 145 Å². The lowest BCUT2D eigenvalue weighted by atomic mass is 9.42. The molecule has 4 heteroatoms. The zero-order valence-electron chi connectivity index (χ0n) is 23.5. The van der Waals surface area contributed by atoms with E-state index in [0.717, 1.165) is 11.4 Å². The van der Waals surface area contributed by atoms with Gasteiger partial charge in [-0.3, -0.25) is 9.97 Å². The maximum Gasteiger partial charge on any atom is 0.0934 e.